The summed E-state index contributed by atoms with van der Waals surface area (Å²) in [4.78, 5) is 18.5. The zero-order valence-corrected chi connectivity index (χ0v) is 18.2. The molecule has 3 rings (SSSR count). The van der Waals surface area contributed by atoms with Gasteiger partial charge in [0.2, 0.25) is 0 Å². The molecule has 0 unspecified atom stereocenters. The van der Waals surface area contributed by atoms with Gasteiger partial charge in [0, 0.05) is 44.3 Å². The first kappa shape index (κ1) is 21.7. The molecule has 0 aromatic heterocycles. The molecule has 2 aromatic rings. The molecule has 1 aliphatic heterocycles. The Balaban J connectivity index is 1.51. The van der Waals surface area contributed by atoms with E-state index in [-0.39, 0.29) is 11.4 Å². The van der Waals surface area contributed by atoms with Crippen LogP contribution in [0.15, 0.2) is 59.6 Å². The SMILES string of the molecule is CN=C(NCc1cccc(NC(=O)N2CCCC2)c1)NCC(C)(C)c1ccccc1. The Labute approximate surface area is 179 Å². The van der Waals surface area contributed by atoms with Crippen molar-refractivity contribution in [2.45, 2.75) is 38.6 Å². The van der Waals surface area contributed by atoms with Gasteiger partial charge in [-0.2, -0.15) is 0 Å². The van der Waals surface area contributed by atoms with Crippen molar-refractivity contribution >= 4 is 17.7 Å². The van der Waals surface area contributed by atoms with Crippen LogP contribution in [0.3, 0.4) is 0 Å². The summed E-state index contributed by atoms with van der Waals surface area (Å²) in [5, 5.41) is 9.79. The smallest absolute Gasteiger partial charge is 0.321 e. The number of amides is 2. The lowest BCUT2D eigenvalue weighted by Crippen LogP contribution is -2.43. The number of nitrogens with zero attached hydrogens (tertiary/aromatic N) is 2. The summed E-state index contributed by atoms with van der Waals surface area (Å²) in [6.45, 7) is 7.51. The highest BCUT2D eigenvalue weighted by Crippen LogP contribution is 2.21. The summed E-state index contributed by atoms with van der Waals surface area (Å²) in [7, 11) is 1.78. The minimum atomic E-state index is -0.0155. The van der Waals surface area contributed by atoms with Crippen LogP contribution in [0, 0.1) is 0 Å². The van der Waals surface area contributed by atoms with Crippen molar-refractivity contribution in [3.05, 3.63) is 65.7 Å². The molecule has 1 saturated heterocycles. The van der Waals surface area contributed by atoms with E-state index in [1.165, 1.54) is 5.56 Å². The highest BCUT2D eigenvalue weighted by Gasteiger charge is 2.20. The molecule has 0 bridgehead atoms. The maximum Gasteiger partial charge on any atom is 0.321 e. The third-order valence-corrected chi connectivity index (χ3v) is 5.51. The molecule has 2 amide bonds. The molecule has 0 spiro atoms. The molecule has 6 nitrogen and oxygen atoms in total. The normalized spacial score (nSPS) is 14.5. The Morgan fingerprint density at radius 2 is 1.77 bits per heavy atom. The van der Waals surface area contributed by atoms with Gasteiger partial charge in [-0.15, -0.1) is 0 Å². The van der Waals surface area contributed by atoms with Crippen LogP contribution in [0.4, 0.5) is 10.5 Å². The summed E-state index contributed by atoms with van der Waals surface area (Å²) >= 11 is 0. The van der Waals surface area contributed by atoms with E-state index in [9.17, 15) is 4.79 Å². The highest BCUT2D eigenvalue weighted by atomic mass is 16.2. The van der Waals surface area contributed by atoms with E-state index in [1.807, 2.05) is 35.2 Å². The molecule has 1 heterocycles. The number of rotatable bonds is 6. The van der Waals surface area contributed by atoms with Crippen molar-refractivity contribution in [2.24, 2.45) is 4.99 Å². The van der Waals surface area contributed by atoms with Gasteiger partial charge in [-0.25, -0.2) is 4.79 Å². The van der Waals surface area contributed by atoms with Gasteiger partial charge in [-0.3, -0.25) is 4.99 Å². The third kappa shape index (κ3) is 5.99. The fourth-order valence-corrected chi connectivity index (χ4v) is 3.58. The molecular weight excluding hydrogens is 374 g/mol. The van der Waals surface area contributed by atoms with E-state index in [4.69, 9.17) is 0 Å². The van der Waals surface area contributed by atoms with Crippen molar-refractivity contribution in [1.82, 2.24) is 15.5 Å². The first-order chi connectivity index (χ1) is 14.5. The Kier molecular flexibility index (Phi) is 7.33. The summed E-state index contributed by atoms with van der Waals surface area (Å²) in [6.07, 6.45) is 2.18. The zero-order valence-electron chi connectivity index (χ0n) is 18.2. The number of nitrogens with one attached hydrogen (secondary N) is 3. The van der Waals surface area contributed by atoms with Gasteiger partial charge in [-0.05, 0) is 36.1 Å². The molecule has 0 atom stereocenters. The fourth-order valence-electron chi connectivity index (χ4n) is 3.58. The maximum absolute atomic E-state index is 12.3. The first-order valence-electron chi connectivity index (χ1n) is 10.6. The van der Waals surface area contributed by atoms with Crippen LogP contribution in [0.25, 0.3) is 0 Å². The molecule has 2 aromatic carbocycles. The van der Waals surface area contributed by atoms with Crippen molar-refractivity contribution < 1.29 is 4.79 Å². The van der Waals surface area contributed by atoms with Gasteiger partial charge in [0.1, 0.15) is 0 Å². The van der Waals surface area contributed by atoms with E-state index in [0.717, 1.165) is 49.7 Å². The number of hydrogen-bond donors (Lipinski definition) is 3. The van der Waals surface area contributed by atoms with Crippen LogP contribution in [-0.2, 0) is 12.0 Å². The zero-order chi connectivity index (χ0) is 21.4. The number of anilines is 1. The fraction of sp³-hybridized carbons (Fsp3) is 0.417. The van der Waals surface area contributed by atoms with Crippen molar-refractivity contribution in [1.29, 1.82) is 0 Å². The number of benzene rings is 2. The molecule has 6 heteroatoms. The van der Waals surface area contributed by atoms with E-state index in [2.05, 4.69) is 59.1 Å². The van der Waals surface area contributed by atoms with Crippen LogP contribution < -0.4 is 16.0 Å². The summed E-state index contributed by atoms with van der Waals surface area (Å²) in [5.41, 5.74) is 3.17. The second-order valence-corrected chi connectivity index (χ2v) is 8.35. The first-order valence-corrected chi connectivity index (χ1v) is 10.6. The second kappa shape index (κ2) is 10.1. The Morgan fingerprint density at radius 1 is 1.03 bits per heavy atom. The van der Waals surface area contributed by atoms with E-state index in [1.54, 1.807) is 7.05 Å². The van der Waals surface area contributed by atoms with Crippen molar-refractivity contribution in [3.8, 4) is 0 Å². The standard InChI is InChI=1S/C24H33N5O/c1-24(2,20-11-5-4-6-12-20)18-27-22(25-3)26-17-19-10-9-13-21(16-19)28-23(30)29-14-7-8-15-29/h4-6,9-13,16H,7-8,14-15,17-18H2,1-3H3,(H,28,30)(H2,25,26,27). The molecule has 3 N–H and O–H groups in total. The van der Waals surface area contributed by atoms with Gasteiger partial charge in [0.15, 0.2) is 5.96 Å². The predicted molar refractivity (Wildman–Crippen MR) is 124 cm³/mol. The van der Waals surface area contributed by atoms with Crippen LogP contribution in [0.5, 0.6) is 0 Å². The predicted octanol–water partition coefficient (Wildman–Crippen LogP) is 3.96. The van der Waals surface area contributed by atoms with E-state index >= 15 is 0 Å². The van der Waals surface area contributed by atoms with Gasteiger partial charge < -0.3 is 20.9 Å². The minimum absolute atomic E-state index is 0.0152. The van der Waals surface area contributed by atoms with E-state index < -0.39 is 0 Å². The Morgan fingerprint density at radius 3 is 2.47 bits per heavy atom. The molecular formula is C24H33N5O. The number of aliphatic imine (C=N–C) groups is 1. The molecule has 0 radical (unpaired) electrons. The number of carbonyl (C=O) groups excluding carboxylic acids is 1. The summed E-state index contributed by atoms with van der Waals surface area (Å²) in [5.74, 6) is 0.755. The Hall–Kier alpha value is -3.02. The average Bonchev–Trinajstić information content (AvgIpc) is 3.30. The van der Waals surface area contributed by atoms with Crippen LogP contribution in [0.2, 0.25) is 0 Å². The monoisotopic (exact) mass is 407 g/mol. The van der Waals surface area contributed by atoms with Crippen LogP contribution >= 0.6 is 0 Å². The molecule has 0 saturated carbocycles. The highest BCUT2D eigenvalue weighted by molar-refractivity contribution is 5.89. The lowest BCUT2D eigenvalue weighted by molar-refractivity contribution is 0.222. The van der Waals surface area contributed by atoms with Crippen molar-refractivity contribution in [2.75, 3.05) is 32.0 Å². The van der Waals surface area contributed by atoms with Crippen LogP contribution in [0.1, 0.15) is 37.8 Å². The molecule has 1 fully saturated rings. The van der Waals surface area contributed by atoms with Gasteiger partial charge in [-0.1, -0.05) is 56.3 Å². The maximum atomic E-state index is 12.3. The largest absolute Gasteiger partial charge is 0.356 e. The minimum Gasteiger partial charge on any atom is -0.356 e. The summed E-state index contributed by atoms with van der Waals surface area (Å²) in [6, 6.07) is 18.4. The topological polar surface area (TPSA) is 68.8 Å². The molecule has 1 aliphatic rings. The average molecular weight is 408 g/mol. The van der Waals surface area contributed by atoms with Crippen LogP contribution in [-0.4, -0.2) is 43.6 Å². The lowest BCUT2D eigenvalue weighted by Gasteiger charge is -2.26. The quantitative estimate of drug-likeness (QED) is 0.502. The number of hydrogen-bond acceptors (Lipinski definition) is 2. The van der Waals surface area contributed by atoms with E-state index in [0.29, 0.717) is 6.54 Å². The lowest BCUT2D eigenvalue weighted by atomic mass is 9.85. The van der Waals surface area contributed by atoms with Gasteiger partial charge in [0.05, 0.1) is 0 Å². The second-order valence-electron chi connectivity index (χ2n) is 8.35. The summed E-state index contributed by atoms with van der Waals surface area (Å²) < 4.78 is 0. The number of urea groups is 1. The number of likely N-dealkylation sites (tertiary alicyclic amines) is 1. The van der Waals surface area contributed by atoms with Crippen molar-refractivity contribution in [3.63, 3.8) is 0 Å². The molecule has 0 aliphatic carbocycles. The molecule has 160 valence electrons. The Bertz CT molecular complexity index is 857. The van der Waals surface area contributed by atoms with Gasteiger partial charge in [0.25, 0.3) is 0 Å². The number of carbonyl (C=O) groups is 1. The number of guanidine groups is 1. The third-order valence-electron chi connectivity index (χ3n) is 5.51. The molecule has 30 heavy (non-hydrogen) atoms. The van der Waals surface area contributed by atoms with Gasteiger partial charge >= 0.3 is 6.03 Å².